The molecule has 0 radical (unpaired) electrons. The minimum absolute atomic E-state index is 0.00423. The summed E-state index contributed by atoms with van der Waals surface area (Å²) < 4.78 is 1.62. The van der Waals surface area contributed by atoms with Crippen LogP contribution in [-0.2, 0) is 0 Å². The van der Waals surface area contributed by atoms with Crippen molar-refractivity contribution >= 4 is 28.6 Å². The van der Waals surface area contributed by atoms with Crippen LogP contribution in [-0.4, -0.2) is 18.6 Å². The second-order valence-electron chi connectivity index (χ2n) is 9.45. The summed E-state index contributed by atoms with van der Waals surface area (Å²) >= 11 is 2.61. The van der Waals surface area contributed by atoms with Crippen molar-refractivity contribution in [2.75, 3.05) is 6.54 Å². The van der Waals surface area contributed by atoms with Crippen LogP contribution in [0, 0.1) is 28.6 Å². The van der Waals surface area contributed by atoms with Crippen LogP contribution in [0.3, 0.4) is 0 Å². The third-order valence-corrected chi connectivity index (χ3v) is 9.94. The fourth-order valence-electron chi connectivity index (χ4n) is 6.70. The summed E-state index contributed by atoms with van der Waals surface area (Å²) in [6.07, 6.45) is 13.8. The zero-order chi connectivity index (χ0) is 18.5. The highest BCUT2D eigenvalue weighted by molar-refractivity contribution is 14.1. The third-order valence-electron chi connectivity index (χ3n) is 8.26. The average molecular weight is 468 g/mol. The topological polar surface area (TPSA) is 41.1 Å². The largest absolute Gasteiger partial charge is 0.338 e. The first-order chi connectivity index (χ1) is 12.4. The molecule has 0 bridgehead atoms. The van der Waals surface area contributed by atoms with Crippen LogP contribution >= 0.6 is 22.6 Å². The maximum atomic E-state index is 11.9. The number of hydrogen-bond donors (Lipinski definition) is 2. The number of hydrogen-bond acceptors (Lipinski definition) is 1. The lowest BCUT2D eigenvalue weighted by Crippen LogP contribution is -2.52. The van der Waals surface area contributed by atoms with E-state index >= 15 is 0 Å². The second kappa shape index (κ2) is 6.82. The van der Waals surface area contributed by atoms with Gasteiger partial charge in [0.25, 0.3) is 0 Å². The van der Waals surface area contributed by atoms with Gasteiger partial charge in [-0.15, -0.1) is 0 Å². The van der Waals surface area contributed by atoms with Crippen molar-refractivity contribution in [3.63, 3.8) is 0 Å². The number of fused-ring (bicyclic) bond motifs is 5. The molecule has 2 amide bonds. The van der Waals surface area contributed by atoms with E-state index in [1.165, 1.54) is 32.1 Å². The molecule has 0 spiro atoms. The van der Waals surface area contributed by atoms with Crippen molar-refractivity contribution in [1.29, 1.82) is 0 Å². The van der Waals surface area contributed by atoms with Crippen LogP contribution in [0.4, 0.5) is 4.79 Å². The van der Waals surface area contributed by atoms with Crippen molar-refractivity contribution in [2.45, 2.75) is 71.8 Å². The quantitative estimate of drug-likeness (QED) is 0.404. The van der Waals surface area contributed by atoms with Gasteiger partial charge >= 0.3 is 6.03 Å². The Balaban J connectivity index is 1.52. The van der Waals surface area contributed by atoms with Crippen LogP contribution in [0.25, 0.3) is 0 Å². The number of rotatable bonds is 2. The summed E-state index contributed by atoms with van der Waals surface area (Å²) in [5.41, 5.74) is 2.44. The van der Waals surface area contributed by atoms with Crippen LogP contribution in [0.1, 0.15) is 65.7 Å². The number of carbonyl (C=O) groups excluding carboxylic acids is 1. The summed E-state index contributed by atoms with van der Waals surface area (Å²) in [5, 5.41) is 6.07. The zero-order valence-electron chi connectivity index (χ0n) is 16.4. The summed E-state index contributed by atoms with van der Waals surface area (Å²) in [6, 6.07) is 0.302. The van der Waals surface area contributed by atoms with Crippen LogP contribution in [0.2, 0.25) is 0 Å². The molecule has 0 heterocycles. The molecule has 2 saturated carbocycles. The number of nitrogens with one attached hydrogen (secondary N) is 2. The smallest absolute Gasteiger partial charge is 0.315 e. The molecule has 3 nitrogen and oxygen atoms in total. The van der Waals surface area contributed by atoms with Gasteiger partial charge in [-0.1, -0.05) is 31.6 Å². The Kier molecular flexibility index (Phi) is 4.94. The Morgan fingerprint density at radius 1 is 1.15 bits per heavy atom. The molecular weight excluding hydrogens is 435 g/mol. The molecule has 0 aromatic heterocycles. The van der Waals surface area contributed by atoms with E-state index in [-0.39, 0.29) is 6.03 Å². The maximum absolute atomic E-state index is 11.9. The molecule has 0 aromatic carbocycles. The molecule has 4 rings (SSSR count). The van der Waals surface area contributed by atoms with Crippen LogP contribution < -0.4 is 10.6 Å². The molecular formula is C22H33IN2O. The maximum Gasteiger partial charge on any atom is 0.315 e. The Morgan fingerprint density at radius 2 is 1.92 bits per heavy atom. The molecule has 26 heavy (non-hydrogen) atoms. The molecule has 144 valence electrons. The van der Waals surface area contributed by atoms with Crippen molar-refractivity contribution < 1.29 is 4.79 Å². The number of urea groups is 1. The molecule has 0 unspecified atom stereocenters. The minimum Gasteiger partial charge on any atom is -0.338 e. The summed E-state index contributed by atoms with van der Waals surface area (Å²) in [7, 11) is 0. The highest BCUT2D eigenvalue weighted by Crippen LogP contribution is 2.65. The van der Waals surface area contributed by atoms with Crippen molar-refractivity contribution in [3.05, 3.63) is 21.3 Å². The lowest BCUT2D eigenvalue weighted by molar-refractivity contribution is -0.0157. The van der Waals surface area contributed by atoms with Gasteiger partial charge in [-0.05, 0) is 101 Å². The normalized spacial score (nSPS) is 44.2. The molecule has 6 atom stereocenters. The highest BCUT2D eigenvalue weighted by atomic mass is 127. The number of allylic oxidation sites excluding steroid dienone is 3. The second-order valence-corrected chi connectivity index (χ2v) is 10.6. The first kappa shape index (κ1) is 18.8. The van der Waals surface area contributed by atoms with Gasteiger partial charge in [0.1, 0.15) is 0 Å². The molecule has 2 N–H and O–H groups in total. The van der Waals surface area contributed by atoms with E-state index in [9.17, 15) is 4.79 Å². The molecule has 4 aliphatic rings. The van der Waals surface area contributed by atoms with E-state index < -0.39 is 0 Å². The lowest BCUT2D eigenvalue weighted by atomic mass is 9.48. The molecule has 2 fully saturated rings. The predicted octanol–water partition coefficient (Wildman–Crippen LogP) is 5.57. The SMILES string of the molecule is CCNC(=O)N[C@@H]1CC[C@@]2(C)C(=CC[C@@H]3[C@@H]2CC[C@]2(C)C(I)=CC[C@@H]32)C1. The molecule has 0 aliphatic heterocycles. The Morgan fingerprint density at radius 3 is 2.69 bits per heavy atom. The van der Waals surface area contributed by atoms with E-state index in [2.05, 4.69) is 59.2 Å². The summed E-state index contributed by atoms with van der Waals surface area (Å²) in [6.45, 7) is 7.72. The average Bonchev–Trinajstić information content (AvgIpc) is 2.91. The Hall–Kier alpha value is -0.520. The minimum atomic E-state index is -0.00423. The highest BCUT2D eigenvalue weighted by Gasteiger charge is 2.56. The van der Waals surface area contributed by atoms with E-state index in [1.807, 2.05) is 6.92 Å². The lowest BCUT2D eigenvalue weighted by Gasteiger charge is -2.57. The van der Waals surface area contributed by atoms with Gasteiger partial charge in [0.05, 0.1) is 0 Å². The summed E-state index contributed by atoms with van der Waals surface area (Å²) in [5.74, 6) is 2.52. The fraction of sp³-hybridized carbons (Fsp3) is 0.773. The fourth-order valence-corrected chi connectivity index (χ4v) is 7.62. The van der Waals surface area contributed by atoms with E-state index in [1.54, 1.807) is 9.15 Å². The van der Waals surface area contributed by atoms with Crippen molar-refractivity contribution in [2.24, 2.45) is 28.6 Å². The number of amides is 2. The number of halogens is 1. The van der Waals surface area contributed by atoms with Gasteiger partial charge in [0, 0.05) is 18.0 Å². The Labute approximate surface area is 172 Å². The van der Waals surface area contributed by atoms with Gasteiger partial charge in [0.2, 0.25) is 0 Å². The molecule has 0 aromatic rings. The van der Waals surface area contributed by atoms with Gasteiger partial charge < -0.3 is 10.6 Å². The first-order valence-electron chi connectivity index (χ1n) is 10.5. The summed E-state index contributed by atoms with van der Waals surface area (Å²) in [4.78, 5) is 11.9. The molecule has 0 saturated heterocycles. The predicted molar refractivity (Wildman–Crippen MR) is 115 cm³/mol. The van der Waals surface area contributed by atoms with Gasteiger partial charge in [0.15, 0.2) is 0 Å². The van der Waals surface area contributed by atoms with E-state index in [0.717, 1.165) is 30.6 Å². The van der Waals surface area contributed by atoms with E-state index in [0.29, 0.717) is 23.4 Å². The Bertz CT molecular complexity index is 657. The van der Waals surface area contributed by atoms with E-state index in [4.69, 9.17) is 0 Å². The molecule has 4 aliphatic carbocycles. The van der Waals surface area contributed by atoms with Gasteiger partial charge in [-0.2, -0.15) is 0 Å². The van der Waals surface area contributed by atoms with Crippen LogP contribution in [0.15, 0.2) is 21.3 Å². The zero-order valence-corrected chi connectivity index (χ0v) is 18.6. The monoisotopic (exact) mass is 468 g/mol. The number of carbonyl (C=O) groups is 1. The molecule has 4 heteroatoms. The van der Waals surface area contributed by atoms with Crippen LogP contribution in [0.5, 0.6) is 0 Å². The van der Waals surface area contributed by atoms with Crippen molar-refractivity contribution in [1.82, 2.24) is 10.6 Å². The van der Waals surface area contributed by atoms with Gasteiger partial charge in [-0.3, -0.25) is 0 Å². The first-order valence-corrected chi connectivity index (χ1v) is 11.6. The van der Waals surface area contributed by atoms with Crippen molar-refractivity contribution in [3.8, 4) is 0 Å². The third kappa shape index (κ3) is 2.85. The standard InChI is InChI=1S/C22H33IN2O/c1-4-24-20(26)25-15-9-11-21(2)14(13-15)5-6-16-17-7-8-19(23)22(17,3)12-10-18(16)21/h5,8,15-18H,4,6-7,9-13H2,1-3H3,(H2,24,25,26)/t15-,16+,17+,18+,21+,22+/m1/s1. The van der Waals surface area contributed by atoms with Gasteiger partial charge in [-0.25, -0.2) is 4.79 Å².